The van der Waals surface area contributed by atoms with Gasteiger partial charge < -0.3 is 9.15 Å². The van der Waals surface area contributed by atoms with E-state index in [1.165, 1.54) is 11.1 Å². The van der Waals surface area contributed by atoms with E-state index >= 15 is 0 Å². The van der Waals surface area contributed by atoms with Gasteiger partial charge in [-0.15, -0.1) is 0 Å². The lowest BCUT2D eigenvalue weighted by molar-refractivity contribution is 0.269. The molecule has 0 radical (unpaired) electrons. The Labute approximate surface area is 226 Å². The molecule has 194 valence electrons. The predicted octanol–water partition coefficient (Wildman–Crippen LogP) is 9.44. The molecule has 0 saturated heterocycles. The molecule has 4 heteroatoms. The molecule has 0 saturated carbocycles. The van der Waals surface area contributed by atoms with E-state index in [0.717, 1.165) is 70.9 Å². The maximum Gasteiger partial charge on any atom is 0.142 e. The number of allylic oxidation sites excluding steroid dienone is 7. The molecule has 3 aromatic rings. The normalized spacial score (nSPS) is 15.3. The first kappa shape index (κ1) is 26.9. The maximum absolute atomic E-state index is 6.63. The molecular formula is C34H36N2O2. The molecule has 38 heavy (non-hydrogen) atoms. The Hall–Kier alpha value is -4.18. The largest absolute Gasteiger partial charge is 0.488 e. The average Bonchev–Trinajstić information content (AvgIpc) is 3.44. The molecule has 0 amide bonds. The Morgan fingerprint density at radius 2 is 1.66 bits per heavy atom. The van der Waals surface area contributed by atoms with Gasteiger partial charge in [0.15, 0.2) is 0 Å². The number of hydrogen-bond donors (Lipinski definition) is 0. The Morgan fingerprint density at radius 1 is 0.947 bits per heavy atom. The second-order valence-electron chi connectivity index (χ2n) is 9.00. The molecule has 2 aliphatic carbocycles. The van der Waals surface area contributed by atoms with Crippen LogP contribution in [0.25, 0.3) is 28.0 Å². The minimum atomic E-state index is 0.402. The zero-order valence-electron chi connectivity index (χ0n) is 22.6. The standard InChI is InChI=1S/C32H30N2O2.C2H6/c1-23(34-33-2)22-35-27-17-11-16-26(20-27)28-18-9-10-19-29(28)31-21-30(24-12-5-3-6-13-24)32(36-31)25-14-7-4-8-15-25;1-2/h3-8,10,12-15,17,19-21H,2,9,11,16,18,22H2,1H3;1-2H3/b34-23+;. The monoisotopic (exact) mass is 504 g/mol. The zero-order valence-corrected chi connectivity index (χ0v) is 22.6. The van der Waals surface area contributed by atoms with Crippen LogP contribution >= 0.6 is 0 Å². The van der Waals surface area contributed by atoms with Crippen LogP contribution in [-0.4, -0.2) is 19.0 Å². The fraction of sp³-hybridized carbons (Fsp3) is 0.235. The second-order valence-corrected chi connectivity index (χ2v) is 9.00. The average molecular weight is 505 g/mol. The number of nitrogens with zero attached hydrogens (tertiary/aromatic N) is 2. The van der Waals surface area contributed by atoms with Gasteiger partial charge in [0.2, 0.25) is 0 Å². The van der Waals surface area contributed by atoms with Gasteiger partial charge in [-0.25, -0.2) is 0 Å². The predicted molar refractivity (Wildman–Crippen MR) is 160 cm³/mol. The van der Waals surface area contributed by atoms with Gasteiger partial charge in [-0.05, 0) is 67.5 Å². The van der Waals surface area contributed by atoms with Crippen molar-refractivity contribution in [2.24, 2.45) is 10.2 Å². The molecule has 4 nitrogen and oxygen atoms in total. The van der Waals surface area contributed by atoms with Crippen LogP contribution in [0.2, 0.25) is 0 Å². The number of hydrogen-bond acceptors (Lipinski definition) is 4. The summed E-state index contributed by atoms with van der Waals surface area (Å²) in [5.41, 5.74) is 7.92. The lowest BCUT2D eigenvalue weighted by Crippen LogP contribution is -2.07. The van der Waals surface area contributed by atoms with Gasteiger partial charge in [-0.1, -0.05) is 86.7 Å². The molecule has 0 atom stereocenters. The van der Waals surface area contributed by atoms with Crippen LogP contribution in [0, 0.1) is 0 Å². The highest BCUT2D eigenvalue weighted by atomic mass is 16.5. The van der Waals surface area contributed by atoms with Gasteiger partial charge in [-0.2, -0.15) is 10.2 Å². The molecule has 2 aromatic carbocycles. The van der Waals surface area contributed by atoms with Gasteiger partial charge in [0, 0.05) is 23.4 Å². The lowest BCUT2D eigenvalue weighted by atomic mass is 9.86. The Kier molecular flexibility index (Phi) is 9.47. The summed E-state index contributed by atoms with van der Waals surface area (Å²) in [7, 11) is 0. The Bertz CT molecular complexity index is 1330. The molecule has 0 aliphatic heterocycles. The fourth-order valence-electron chi connectivity index (χ4n) is 4.74. The topological polar surface area (TPSA) is 47.1 Å². The number of ether oxygens (including phenoxy) is 1. The first-order valence-electron chi connectivity index (χ1n) is 13.4. The fourth-order valence-corrected chi connectivity index (χ4v) is 4.74. The highest BCUT2D eigenvalue weighted by Gasteiger charge is 2.22. The molecule has 2 aliphatic rings. The van der Waals surface area contributed by atoms with Crippen LogP contribution in [-0.2, 0) is 4.74 Å². The Morgan fingerprint density at radius 3 is 2.37 bits per heavy atom. The van der Waals surface area contributed by atoms with Gasteiger partial charge >= 0.3 is 0 Å². The summed E-state index contributed by atoms with van der Waals surface area (Å²) < 4.78 is 12.6. The summed E-state index contributed by atoms with van der Waals surface area (Å²) in [6, 6.07) is 23.0. The van der Waals surface area contributed by atoms with Crippen molar-refractivity contribution >= 4 is 18.0 Å². The van der Waals surface area contributed by atoms with E-state index < -0.39 is 0 Å². The van der Waals surface area contributed by atoms with Crippen LogP contribution in [0.15, 0.2) is 123 Å². The van der Waals surface area contributed by atoms with E-state index in [-0.39, 0.29) is 0 Å². The summed E-state index contributed by atoms with van der Waals surface area (Å²) in [6.45, 7) is 9.70. The van der Waals surface area contributed by atoms with E-state index in [4.69, 9.17) is 9.15 Å². The quantitative estimate of drug-likeness (QED) is 0.226. The summed E-state index contributed by atoms with van der Waals surface area (Å²) in [4.78, 5) is 0. The molecule has 0 spiro atoms. The highest BCUT2D eigenvalue weighted by Crippen LogP contribution is 2.42. The number of rotatable bonds is 8. The van der Waals surface area contributed by atoms with Crippen molar-refractivity contribution in [1.29, 1.82) is 0 Å². The number of benzene rings is 2. The highest BCUT2D eigenvalue weighted by molar-refractivity contribution is 5.87. The second kappa shape index (κ2) is 13.4. The molecule has 0 bridgehead atoms. The minimum absolute atomic E-state index is 0.402. The number of furan rings is 1. The molecular weight excluding hydrogens is 468 g/mol. The summed E-state index contributed by atoms with van der Waals surface area (Å²) >= 11 is 0. The molecule has 1 heterocycles. The van der Waals surface area contributed by atoms with Crippen molar-refractivity contribution in [2.45, 2.75) is 46.5 Å². The van der Waals surface area contributed by atoms with Gasteiger partial charge in [0.1, 0.15) is 23.9 Å². The van der Waals surface area contributed by atoms with Gasteiger partial charge in [0.05, 0.1) is 5.71 Å². The lowest BCUT2D eigenvalue weighted by Gasteiger charge is -2.21. The van der Waals surface area contributed by atoms with Crippen molar-refractivity contribution in [3.05, 3.63) is 114 Å². The third-order valence-corrected chi connectivity index (χ3v) is 6.44. The summed E-state index contributed by atoms with van der Waals surface area (Å²) in [5, 5.41) is 7.54. The van der Waals surface area contributed by atoms with E-state index in [9.17, 15) is 0 Å². The third-order valence-electron chi connectivity index (χ3n) is 6.44. The first-order chi connectivity index (χ1) is 18.7. The van der Waals surface area contributed by atoms with Crippen LogP contribution in [0.5, 0.6) is 0 Å². The van der Waals surface area contributed by atoms with Gasteiger partial charge in [-0.3, -0.25) is 0 Å². The SMILES string of the molecule is C=N/N=C(\C)COC1=CCCC(C2=C(c3cc(-c4ccccc4)c(-c4ccccc4)o3)C=CCC2)=C1.CC. The van der Waals surface area contributed by atoms with Gasteiger partial charge in [0.25, 0.3) is 0 Å². The zero-order chi connectivity index (χ0) is 26.7. The summed E-state index contributed by atoms with van der Waals surface area (Å²) in [6.07, 6.45) is 12.7. The van der Waals surface area contributed by atoms with Crippen molar-refractivity contribution < 1.29 is 9.15 Å². The van der Waals surface area contributed by atoms with Crippen LogP contribution in [0.3, 0.4) is 0 Å². The van der Waals surface area contributed by atoms with Crippen molar-refractivity contribution in [3.8, 4) is 22.5 Å². The van der Waals surface area contributed by atoms with E-state index in [2.05, 4.69) is 95.8 Å². The molecule has 0 N–H and O–H groups in total. The van der Waals surface area contributed by atoms with E-state index in [0.29, 0.717) is 6.61 Å². The molecule has 5 rings (SSSR count). The first-order valence-corrected chi connectivity index (χ1v) is 13.4. The van der Waals surface area contributed by atoms with Crippen molar-refractivity contribution in [3.63, 3.8) is 0 Å². The van der Waals surface area contributed by atoms with E-state index in [1.807, 2.05) is 32.9 Å². The van der Waals surface area contributed by atoms with Crippen molar-refractivity contribution in [1.82, 2.24) is 0 Å². The van der Waals surface area contributed by atoms with Crippen molar-refractivity contribution in [2.75, 3.05) is 6.61 Å². The van der Waals surface area contributed by atoms with Crippen LogP contribution in [0.4, 0.5) is 0 Å². The molecule has 0 fully saturated rings. The smallest absolute Gasteiger partial charge is 0.142 e. The minimum Gasteiger partial charge on any atom is -0.488 e. The Balaban J connectivity index is 0.00000164. The maximum atomic E-state index is 6.63. The van der Waals surface area contributed by atoms with Crippen LogP contribution < -0.4 is 0 Å². The van der Waals surface area contributed by atoms with E-state index in [1.54, 1.807) is 0 Å². The summed E-state index contributed by atoms with van der Waals surface area (Å²) in [5.74, 6) is 2.68. The third kappa shape index (κ3) is 6.38. The molecule has 1 aromatic heterocycles. The molecule has 0 unspecified atom stereocenters. The van der Waals surface area contributed by atoms with Crippen LogP contribution in [0.1, 0.15) is 52.2 Å².